The van der Waals surface area contributed by atoms with Crippen LogP contribution in [0.25, 0.3) is 22.0 Å². The van der Waals surface area contributed by atoms with E-state index in [0.29, 0.717) is 16.8 Å². The summed E-state index contributed by atoms with van der Waals surface area (Å²) in [7, 11) is 1.73. The third kappa shape index (κ3) is 5.28. The molecular formula is C29H26F3N3O2. The number of anilines is 1. The van der Waals surface area contributed by atoms with Crippen molar-refractivity contribution in [1.29, 1.82) is 0 Å². The van der Waals surface area contributed by atoms with Crippen LogP contribution in [-0.2, 0) is 19.6 Å². The second-order valence-corrected chi connectivity index (χ2v) is 9.70. The second kappa shape index (κ2) is 9.50. The Hall–Kier alpha value is -3.94. The highest BCUT2D eigenvalue weighted by Gasteiger charge is 2.31. The lowest BCUT2D eigenvalue weighted by Crippen LogP contribution is -2.20. The van der Waals surface area contributed by atoms with Crippen LogP contribution >= 0.6 is 0 Å². The number of nitrogens with one attached hydrogen (secondary N) is 1. The number of aryl methyl sites for hydroxylation is 3. The molecule has 0 unspecified atom stereocenters. The van der Waals surface area contributed by atoms with E-state index < -0.39 is 17.6 Å². The molecule has 2 aromatic carbocycles. The van der Waals surface area contributed by atoms with Gasteiger partial charge in [0, 0.05) is 41.1 Å². The molecule has 0 radical (unpaired) electrons. The van der Waals surface area contributed by atoms with Crippen LogP contribution in [0.15, 0.2) is 65.6 Å². The van der Waals surface area contributed by atoms with Gasteiger partial charge in [-0.1, -0.05) is 25.0 Å². The third-order valence-electron chi connectivity index (χ3n) is 6.91. The first-order chi connectivity index (χ1) is 17.6. The first-order valence-corrected chi connectivity index (χ1v) is 12.2. The van der Waals surface area contributed by atoms with Crippen LogP contribution in [0.2, 0.25) is 0 Å². The maximum Gasteiger partial charge on any atom is 0.416 e. The van der Waals surface area contributed by atoms with Gasteiger partial charge >= 0.3 is 6.18 Å². The molecule has 0 saturated heterocycles. The normalized spacial score (nSPS) is 13.6. The van der Waals surface area contributed by atoms with Crippen LogP contribution in [0.5, 0.6) is 0 Å². The van der Waals surface area contributed by atoms with Crippen LogP contribution in [0, 0.1) is 12.8 Å². The molecule has 1 amide bonds. The molecule has 4 aromatic rings. The average molecular weight is 506 g/mol. The molecule has 2 aromatic heterocycles. The number of hydrogen-bond acceptors (Lipinski definition) is 3. The van der Waals surface area contributed by atoms with Crippen molar-refractivity contribution >= 4 is 22.5 Å². The summed E-state index contributed by atoms with van der Waals surface area (Å²) in [6.07, 6.45) is 1.82. The Labute approximate surface area is 212 Å². The molecule has 1 N–H and O–H groups in total. The van der Waals surface area contributed by atoms with Crippen molar-refractivity contribution in [3.8, 4) is 11.1 Å². The number of rotatable bonds is 6. The summed E-state index contributed by atoms with van der Waals surface area (Å²) in [5.74, 6) is 0.128. The van der Waals surface area contributed by atoms with Crippen LogP contribution in [-0.4, -0.2) is 15.5 Å². The zero-order valence-corrected chi connectivity index (χ0v) is 20.5. The van der Waals surface area contributed by atoms with Crippen molar-refractivity contribution in [2.75, 3.05) is 5.32 Å². The van der Waals surface area contributed by atoms with Crippen molar-refractivity contribution < 1.29 is 18.0 Å². The van der Waals surface area contributed by atoms with Crippen LogP contribution in [0.4, 0.5) is 18.9 Å². The highest BCUT2D eigenvalue weighted by molar-refractivity contribution is 6.04. The lowest BCUT2D eigenvalue weighted by atomic mass is 9.99. The van der Waals surface area contributed by atoms with E-state index in [1.165, 1.54) is 25.0 Å². The van der Waals surface area contributed by atoms with Crippen LogP contribution < -0.4 is 10.9 Å². The molecule has 5 rings (SSSR count). The van der Waals surface area contributed by atoms with Gasteiger partial charge < -0.3 is 9.88 Å². The zero-order valence-electron chi connectivity index (χ0n) is 20.5. The molecule has 2 heterocycles. The Balaban J connectivity index is 1.46. The summed E-state index contributed by atoms with van der Waals surface area (Å²) < 4.78 is 40.8. The second-order valence-electron chi connectivity index (χ2n) is 9.70. The predicted octanol–water partition coefficient (Wildman–Crippen LogP) is 6.52. The van der Waals surface area contributed by atoms with E-state index in [0.717, 1.165) is 53.1 Å². The number of alkyl halides is 3. The highest BCUT2D eigenvalue weighted by atomic mass is 19.4. The average Bonchev–Trinajstić information content (AvgIpc) is 3.70. The van der Waals surface area contributed by atoms with E-state index in [9.17, 15) is 22.8 Å². The summed E-state index contributed by atoms with van der Waals surface area (Å²) in [6, 6.07) is 13.1. The van der Waals surface area contributed by atoms with Gasteiger partial charge in [-0.3, -0.25) is 14.6 Å². The molecule has 0 bridgehead atoms. The van der Waals surface area contributed by atoms with Crippen molar-refractivity contribution in [1.82, 2.24) is 9.55 Å². The maximum atomic E-state index is 13.4. The lowest BCUT2D eigenvalue weighted by Gasteiger charge is -2.14. The van der Waals surface area contributed by atoms with E-state index in [-0.39, 0.29) is 11.1 Å². The summed E-state index contributed by atoms with van der Waals surface area (Å²) in [5, 5.41) is 3.48. The number of benzene rings is 2. The van der Waals surface area contributed by atoms with Crippen LogP contribution in [0.3, 0.4) is 0 Å². The van der Waals surface area contributed by atoms with Crippen molar-refractivity contribution in [2.45, 2.75) is 38.8 Å². The first kappa shape index (κ1) is 24.7. The maximum absolute atomic E-state index is 13.4. The SMILES string of the molecule is Cc1ccc(NC(=O)c2cccc(C(F)(F)F)c2)cc1-c1cc2cnc(CCC3CC3)cc2n(C)c1=O. The number of amides is 1. The van der Waals surface area contributed by atoms with Gasteiger partial charge in [-0.05, 0) is 79.3 Å². The highest BCUT2D eigenvalue weighted by Crippen LogP contribution is 2.34. The van der Waals surface area contributed by atoms with E-state index in [2.05, 4.69) is 10.3 Å². The minimum Gasteiger partial charge on any atom is -0.322 e. The number of aromatic nitrogens is 2. The number of carbonyl (C=O) groups excluding carboxylic acids is 1. The Morgan fingerprint density at radius 1 is 1.08 bits per heavy atom. The monoisotopic (exact) mass is 505 g/mol. The molecule has 37 heavy (non-hydrogen) atoms. The Kier molecular flexibility index (Phi) is 6.35. The van der Waals surface area contributed by atoms with Gasteiger partial charge in [0.15, 0.2) is 0 Å². The van der Waals surface area contributed by atoms with E-state index >= 15 is 0 Å². The number of hydrogen-bond donors (Lipinski definition) is 1. The van der Waals surface area contributed by atoms with Gasteiger partial charge in [-0.2, -0.15) is 13.2 Å². The van der Waals surface area contributed by atoms with E-state index in [1.54, 1.807) is 42.1 Å². The zero-order chi connectivity index (χ0) is 26.3. The first-order valence-electron chi connectivity index (χ1n) is 12.2. The topological polar surface area (TPSA) is 64.0 Å². The van der Waals surface area contributed by atoms with Crippen molar-refractivity contribution in [3.63, 3.8) is 0 Å². The number of nitrogens with zero attached hydrogens (tertiary/aromatic N) is 2. The summed E-state index contributed by atoms with van der Waals surface area (Å²) >= 11 is 0. The number of fused-ring (bicyclic) bond motifs is 1. The molecule has 1 saturated carbocycles. The molecular weight excluding hydrogens is 479 g/mol. The van der Waals surface area contributed by atoms with Gasteiger partial charge in [0.2, 0.25) is 0 Å². The van der Waals surface area contributed by atoms with E-state index in [1.807, 2.05) is 13.0 Å². The molecule has 0 aliphatic heterocycles. The standard InChI is InChI=1S/C29H26F3N3O2/c1-17-6-10-23(34-27(36)19-4-3-5-21(12-19)29(30,31)32)14-24(17)25-13-20-16-33-22(11-9-18-7-8-18)15-26(20)35(2)28(25)37/h3-6,10,12-16,18H,7-9,11H2,1-2H3,(H,34,36). The smallest absolute Gasteiger partial charge is 0.322 e. The summed E-state index contributed by atoms with van der Waals surface area (Å²) in [4.78, 5) is 30.7. The molecule has 0 spiro atoms. The summed E-state index contributed by atoms with van der Waals surface area (Å²) in [6.45, 7) is 1.86. The molecule has 8 heteroatoms. The van der Waals surface area contributed by atoms with E-state index in [4.69, 9.17) is 0 Å². The molecule has 0 atom stereocenters. The molecule has 5 nitrogen and oxygen atoms in total. The molecule has 1 aliphatic carbocycles. The van der Waals surface area contributed by atoms with Gasteiger partial charge in [-0.25, -0.2) is 0 Å². The quantitative estimate of drug-likeness (QED) is 0.324. The number of carbonyl (C=O) groups is 1. The molecule has 1 aliphatic rings. The Morgan fingerprint density at radius 2 is 1.86 bits per heavy atom. The summed E-state index contributed by atoms with van der Waals surface area (Å²) in [5.41, 5.74) is 2.87. The third-order valence-corrected chi connectivity index (χ3v) is 6.91. The van der Waals surface area contributed by atoms with Crippen LogP contribution in [0.1, 0.15) is 46.4 Å². The van der Waals surface area contributed by atoms with Gasteiger partial charge in [0.1, 0.15) is 0 Å². The van der Waals surface area contributed by atoms with Gasteiger partial charge in [0.25, 0.3) is 11.5 Å². The fourth-order valence-electron chi connectivity index (χ4n) is 4.52. The fourth-order valence-corrected chi connectivity index (χ4v) is 4.52. The molecule has 190 valence electrons. The van der Waals surface area contributed by atoms with Gasteiger partial charge in [-0.15, -0.1) is 0 Å². The van der Waals surface area contributed by atoms with Crippen molar-refractivity contribution in [3.05, 3.63) is 93.5 Å². The number of pyridine rings is 2. The Morgan fingerprint density at radius 3 is 2.59 bits per heavy atom. The fraction of sp³-hybridized carbons (Fsp3) is 0.276. The molecule has 1 fully saturated rings. The minimum atomic E-state index is -4.55. The number of halogens is 3. The predicted molar refractivity (Wildman–Crippen MR) is 138 cm³/mol. The Bertz CT molecular complexity index is 1570. The largest absolute Gasteiger partial charge is 0.416 e. The van der Waals surface area contributed by atoms with Gasteiger partial charge in [0.05, 0.1) is 11.1 Å². The lowest BCUT2D eigenvalue weighted by molar-refractivity contribution is -0.137. The van der Waals surface area contributed by atoms with Crippen molar-refractivity contribution in [2.24, 2.45) is 13.0 Å². The minimum absolute atomic E-state index is 0.109.